The Morgan fingerprint density at radius 2 is 2.05 bits per heavy atom. The summed E-state index contributed by atoms with van der Waals surface area (Å²) in [5, 5.41) is 11.2. The largest absolute Gasteiger partial charge is 0.480 e. The van der Waals surface area contributed by atoms with Gasteiger partial charge < -0.3 is 16.2 Å². The van der Waals surface area contributed by atoms with Crippen molar-refractivity contribution in [3.05, 3.63) is 34.6 Å². The Kier molecular flexibility index (Phi) is 5.45. The Hall–Kier alpha value is -2.15. The summed E-state index contributed by atoms with van der Waals surface area (Å²) in [5.74, 6) is -3.80. The lowest BCUT2D eigenvalue weighted by Crippen LogP contribution is -2.41. The standard InChI is InChI=1S/C12H12ClFN2O4/c13-6-1-2-8(14)7(5-6)11(18)16-9(12(19)20)3-4-10(15)17/h1-2,5,9H,3-4H2,(H2,15,17)(H,16,18)(H,19,20)/t9-/m0/s1. The molecule has 4 N–H and O–H groups in total. The van der Waals surface area contributed by atoms with E-state index < -0.39 is 29.6 Å². The van der Waals surface area contributed by atoms with E-state index >= 15 is 0 Å². The summed E-state index contributed by atoms with van der Waals surface area (Å²) in [5.41, 5.74) is 4.53. The van der Waals surface area contributed by atoms with Gasteiger partial charge in [-0.1, -0.05) is 11.6 Å². The SMILES string of the molecule is NC(=O)CC[C@H](NC(=O)c1cc(Cl)ccc1F)C(=O)O. The van der Waals surface area contributed by atoms with Gasteiger partial charge in [-0.25, -0.2) is 9.18 Å². The number of nitrogens with one attached hydrogen (secondary N) is 1. The van der Waals surface area contributed by atoms with Crippen molar-refractivity contribution < 1.29 is 23.9 Å². The van der Waals surface area contributed by atoms with Crippen LogP contribution in [0.1, 0.15) is 23.2 Å². The van der Waals surface area contributed by atoms with E-state index in [0.717, 1.165) is 12.1 Å². The van der Waals surface area contributed by atoms with Crippen molar-refractivity contribution in [2.45, 2.75) is 18.9 Å². The Labute approximate surface area is 118 Å². The molecule has 1 aromatic rings. The maximum Gasteiger partial charge on any atom is 0.326 e. The zero-order chi connectivity index (χ0) is 15.3. The number of hydrogen-bond donors (Lipinski definition) is 3. The molecular weight excluding hydrogens is 291 g/mol. The van der Waals surface area contributed by atoms with Gasteiger partial charge in [0.2, 0.25) is 5.91 Å². The van der Waals surface area contributed by atoms with Crippen molar-refractivity contribution in [3.63, 3.8) is 0 Å². The van der Waals surface area contributed by atoms with E-state index in [4.69, 9.17) is 22.4 Å². The molecule has 20 heavy (non-hydrogen) atoms. The monoisotopic (exact) mass is 302 g/mol. The van der Waals surface area contributed by atoms with Gasteiger partial charge in [-0.05, 0) is 24.6 Å². The van der Waals surface area contributed by atoms with E-state index in [1.165, 1.54) is 6.07 Å². The van der Waals surface area contributed by atoms with Crippen LogP contribution in [0, 0.1) is 5.82 Å². The van der Waals surface area contributed by atoms with Crippen molar-refractivity contribution in [3.8, 4) is 0 Å². The van der Waals surface area contributed by atoms with Crippen molar-refractivity contribution in [2.75, 3.05) is 0 Å². The van der Waals surface area contributed by atoms with Gasteiger partial charge in [-0.2, -0.15) is 0 Å². The number of carbonyl (C=O) groups is 3. The number of amides is 2. The highest BCUT2D eigenvalue weighted by Crippen LogP contribution is 2.15. The predicted molar refractivity (Wildman–Crippen MR) is 68.7 cm³/mol. The molecule has 8 heteroatoms. The first-order chi connectivity index (χ1) is 9.31. The summed E-state index contributed by atoms with van der Waals surface area (Å²) < 4.78 is 13.4. The molecule has 0 aromatic heterocycles. The molecule has 0 radical (unpaired) electrons. The Morgan fingerprint density at radius 1 is 1.40 bits per heavy atom. The molecule has 0 aliphatic rings. The molecule has 1 aromatic carbocycles. The molecule has 6 nitrogen and oxygen atoms in total. The lowest BCUT2D eigenvalue weighted by Gasteiger charge is -2.14. The average molecular weight is 303 g/mol. The van der Waals surface area contributed by atoms with Crippen LogP contribution in [0.15, 0.2) is 18.2 Å². The Morgan fingerprint density at radius 3 is 2.60 bits per heavy atom. The molecule has 0 unspecified atom stereocenters. The van der Waals surface area contributed by atoms with Gasteiger partial charge in [0.1, 0.15) is 11.9 Å². The highest BCUT2D eigenvalue weighted by Gasteiger charge is 2.22. The van der Waals surface area contributed by atoms with Crippen LogP contribution < -0.4 is 11.1 Å². The molecule has 108 valence electrons. The minimum atomic E-state index is -1.35. The molecule has 0 heterocycles. The highest BCUT2D eigenvalue weighted by molar-refractivity contribution is 6.31. The molecule has 0 saturated heterocycles. The van der Waals surface area contributed by atoms with Gasteiger partial charge in [0.15, 0.2) is 0 Å². The van der Waals surface area contributed by atoms with Gasteiger partial charge in [0.25, 0.3) is 5.91 Å². The summed E-state index contributed by atoms with van der Waals surface area (Å²) in [6, 6.07) is 2.00. The molecule has 0 bridgehead atoms. The van der Waals surface area contributed by atoms with Crippen LogP contribution in [0.4, 0.5) is 4.39 Å². The summed E-state index contributed by atoms with van der Waals surface area (Å²) in [6.07, 6.45) is -0.395. The van der Waals surface area contributed by atoms with Gasteiger partial charge in [0.05, 0.1) is 5.56 Å². The van der Waals surface area contributed by atoms with Crippen LogP contribution >= 0.6 is 11.6 Å². The van der Waals surface area contributed by atoms with Crippen LogP contribution in [0.3, 0.4) is 0 Å². The smallest absolute Gasteiger partial charge is 0.326 e. The maximum atomic E-state index is 13.4. The van der Waals surface area contributed by atoms with Gasteiger partial charge >= 0.3 is 5.97 Å². The molecule has 1 atom stereocenters. The number of carboxylic acid groups (broad SMARTS) is 1. The normalized spacial score (nSPS) is 11.7. The first-order valence-electron chi connectivity index (χ1n) is 5.58. The third kappa shape index (κ3) is 4.51. The lowest BCUT2D eigenvalue weighted by atomic mass is 10.1. The minimum absolute atomic E-state index is 0.139. The van der Waals surface area contributed by atoms with Gasteiger partial charge in [0, 0.05) is 11.4 Å². The first kappa shape index (κ1) is 15.9. The second-order valence-corrected chi connectivity index (χ2v) is 4.43. The number of aliphatic carboxylic acids is 1. The fraction of sp³-hybridized carbons (Fsp3) is 0.250. The van der Waals surface area contributed by atoms with E-state index in [1.807, 2.05) is 0 Å². The molecule has 2 amide bonds. The van der Waals surface area contributed by atoms with Gasteiger partial charge in [-0.15, -0.1) is 0 Å². The molecule has 1 rings (SSSR count). The zero-order valence-electron chi connectivity index (χ0n) is 10.2. The second-order valence-electron chi connectivity index (χ2n) is 3.99. The average Bonchev–Trinajstić information content (AvgIpc) is 2.36. The first-order valence-corrected chi connectivity index (χ1v) is 5.96. The van der Waals surface area contributed by atoms with E-state index in [0.29, 0.717) is 0 Å². The fourth-order valence-corrected chi connectivity index (χ4v) is 1.62. The third-order valence-electron chi connectivity index (χ3n) is 2.46. The number of carbonyl (C=O) groups excluding carboxylic acids is 2. The van der Waals surface area contributed by atoms with E-state index in [1.54, 1.807) is 0 Å². The van der Waals surface area contributed by atoms with Crippen molar-refractivity contribution in [1.82, 2.24) is 5.32 Å². The number of halogens is 2. The number of rotatable bonds is 6. The minimum Gasteiger partial charge on any atom is -0.480 e. The number of hydrogen-bond acceptors (Lipinski definition) is 3. The highest BCUT2D eigenvalue weighted by atomic mass is 35.5. The number of primary amides is 1. The Balaban J connectivity index is 2.82. The van der Waals surface area contributed by atoms with Crippen LogP contribution in [-0.4, -0.2) is 28.9 Å². The van der Waals surface area contributed by atoms with E-state index in [-0.39, 0.29) is 23.4 Å². The molecule has 0 aliphatic carbocycles. The van der Waals surface area contributed by atoms with E-state index in [9.17, 15) is 18.8 Å². The van der Waals surface area contributed by atoms with Crippen LogP contribution in [0.25, 0.3) is 0 Å². The van der Waals surface area contributed by atoms with Gasteiger partial charge in [-0.3, -0.25) is 9.59 Å². The van der Waals surface area contributed by atoms with Crippen LogP contribution in [0.5, 0.6) is 0 Å². The van der Waals surface area contributed by atoms with Crippen molar-refractivity contribution in [1.29, 1.82) is 0 Å². The zero-order valence-corrected chi connectivity index (χ0v) is 11.0. The maximum absolute atomic E-state index is 13.4. The summed E-state index contributed by atoms with van der Waals surface area (Å²) >= 11 is 5.64. The van der Waals surface area contributed by atoms with Crippen LogP contribution in [0.2, 0.25) is 5.02 Å². The van der Waals surface area contributed by atoms with Crippen LogP contribution in [-0.2, 0) is 9.59 Å². The second kappa shape index (κ2) is 6.85. The summed E-state index contributed by atoms with van der Waals surface area (Å²) in [6.45, 7) is 0. The predicted octanol–water partition coefficient (Wildman–Crippen LogP) is 0.928. The van der Waals surface area contributed by atoms with Crippen molar-refractivity contribution >= 4 is 29.4 Å². The fourth-order valence-electron chi connectivity index (χ4n) is 1.45. The molecule has 0 saturated carbocycles. The number of carboxylic acids is 1. The number of benzene rings is 1. The van der Waals surface area contributed by atoms with Crippen molar-refractivity contribution in [2.24, 2.45) is 5.73 Å². The molecule has 0 fully saturated rings. The summed E-state index contributed by atoms with van der Waals surface area (Å²) in [7, 11) is 0. The molecule has 0 spiro atoms. The molecular formula is C12H12ClFN2O4. The van der Waals surface area contributed by atoms with E-state index in [2.05, 4.69) is 5.32 Å². The topological polar surface area (TPSA) is 109 Å². The Bertz CT molecular complexity index is 550. The summed E-state index contributed by atoms with van der Waals surface area (Å²) in [4.78, 5) is 33.4. The number of nitrogens with two attached hydrogens (primary N) is 1. The lowest BCUT2D eigenvalue weighted by molar-refractivity contribution is -0.139. The third-order valence-corrected chi connectivity index (χ3v) is 2.69. The molecule has 0 aliphatic heterocycles. The quantitative estimate of drug-likeness (QED) is 0.726.